The molecule has 0 atom stereocenters. The standard InChI is InChI=1S/C14H10N2O2/c15-16-13(14(17)18)12-8-6-11(7-9-12)10-4-2-1-3-5-10/h1-9,15H/p+1. The van der Waals surface area contributed by atoms with Crippen LogP contribution in [0.1, 0.15) is 5.56 Å². The van der Waals surface area contributed by atoms with Crippen LogP contribution < -0.4 is 0 Å². The third-order valence-electron chi connectivity index (χ3n) is 2.58. The van der Waals surface area contributed by atoms with Crippen LogP contribution in [0.2, 0.25) is 0 Å². The van der Waals surface area contributed by atoms with Gasteiger partial charge in [-0.05, 0) is 23.3 Å². The van der Waals surface area contributed by atoms with Crippen LogP contribution in [-0.4, -0.2) is 21.6 Å². The highest BCUT2D eigenvalue weighted by Gasteiger charge is 2.24. The lowest BCUT2D eigenvalue weighted by Crippen LogP contribution is -2.15. The molecule has 2 aromatic carbocycles. The Bertz CT molecular complexity index is 612. The summed E-state index contributed by atoms with van der Waals surface area (Å²) in [5.41, 5.74) is 9.08. The summed E-state index contributed by atoms with van der Waals surface area (Å²) in [4.78, 5) is 13.9. The van der Waals surface area contributed by atoms with E-state index in [1.54, 1.807) is 12.1 Å². The van der Waals surface area contributed by atoms with Crippen molar-refractivity contribution in [3.63, 3.8) is 0 Å². The first kappa shape index (κ1) is 11.8. The fourth-order valence-electron chi connectivity index (χ4n) is 1.69. The van der Waals surface area contributed by atoms with Crippen LogP contribution in [-0.2, 0) is 4.79 Å². The van der Waals surface area contributed by atoms with Crippen molar-refractivity contribution in [3.05, 3.63) is 60.2 Å². The molecule has 0 unspecified atom stereocenters. The molecule has 0 saturated carbocycles. The molecular weight excluding hydrogens is 228 g/mol. The Balaban J connectivity index is 2.37. The molecular formula is C14H11N2O2+. The average Bonchev–Trinajstić information content (AvgIpc) is 2.41. The summed E-state index contributed by atoms with van der Waals surface area (Å²) in [6, 6.07) is 16.7. The minimum Gasteiger partial charge on any atom is -0.472 e. The second-order valence-electron chi connectivity index (χ2n) is 3.71. The average molecular weight is 239 g/mol. The molecule has 0 aliphatic heterocycles. The zero-order valence-electron chi connectivity index (χ0n) is 9.50. The molecule has 4 nitrogen and oxygen atoms in total. The summed E-state index contributed by atoms with van der Waals surface area (Å²) >= 11 is 0. The topological polar surface area (TPSA) is 75.2 Å². The number of rotatable bonds is 3. The number of nitrogens with zero attached hydrogens (tertiary/aromatic N) is 1. The van der Waals surface area contributed by atoms with E-state index < -0.39 is 5.97 Å². The van der Waals surface area contributed by atoms with E-state index in [9.17, 15) is 4.79 Å². The summed E-state index contributed by atoms with van der Waals surface area (Å²) in [7, 11) is 0. The van der Waals surface area contributed by atoms with E-state index in [4.69, 9.17) is 10.6 Å². The predicted molar refractivity (Wildman–Crippen MR) is 66.6 cm³/mol. The van der Waals surface area contributed by atoms with E-state index in [0.29, 0.717) is 5.56 Å². The maximum Gasteiger partial charge on any atom is 0.455 e. The molecule has 0 spiro atoms. The molecule has 0 radical (unpaired) electrons. The van der Waals surface area contributed by atoms with Crippen LogP contribution in [0.3, 0.4) is 0 Å². The van der Waals surface area contributed by atoms with Gasteiger partial charge in [0.05, 0.1) is 15.9 Å². The lowest BCUT2D eigenvalue weighted by atomic mass is 10.0. The van der Waals surface area contributed by atoms with Gasteiger partial charge in [0.1, 0.15) is 0 Å². The monoisotopic (exact) mass is 239 g/mol. The van der Waals surface area contributed by atoms with Crippen molar-refractivity contribution in [1.29, 1.82) is 5.53 Å². The van der Waals surface area contributed by atoms with Gasteiger partial charge in [-0.15, -0.1) is 0 Å². The summed E-state index contributed by atoms with van der Waals surface area (Å²) < 4.78 is 0. The van der Waals surface area contributed by atoms with E-state index in [-0.39, 0.29) is 5.71 Å². The van der Waals surface area contributed by atoms with Gasteiger partial charge in [-0.3, -0.25) is 0 Å². The van der Waals surface area contributed by atoms with E-state index in [2.05, 4.69) is 4.79 Å². The molecule has 2 aromatic rings. The van der Waals surface area contributed by atoms with Crippen molar-refractivity contribution in [2.75, 3.05) is 0 Å². The highest BCUT2D eigenvalue weighted by Crippen LogP contribution is 2.19. The molecule has 0 saturated heterocycles. The van der Waals surface area contributed by atoms with Gasteiger partial charge < -0.3 is 5.11 Å². The van der Waals surface area contributed by atoms with Crippen molar-refractivity contribution in [2.45, 2.75) is 0 Å². The van der Waals surface area contributed by atoms with E-state index >= 15 is 0 Å². The van der Waals surface area contributed by atoms with Crippen molar-refractivity contribution >= 4 is 11.7 Å². The van der Waals surface area contributed by atoms with Gasteiger partial charge in [0.2, 0.25) is 0 Å². The quantitative estimate of drug-likeness (QED) is 0.490. The number of aliphatic carboxylic acids is 1. The molecule has 0 fully saturated rings. The van der Waals surface area contributed by atoms with Crippen LogP contribution in [0.15, 0.2) is 54.6 Å². The minimum atomic E-state index is -1.20. The maximum atomic E-state index is 10.8. The minimum absolute atomic E-state index is 0.255. The van der Waals surface area contributed by atoms with Gasteiger partial charge in [0.25, 0.3) is 0 Å². The van der Waals surface area contributed by atoms with Crippen molar-refractivity contribution < 1.29 is 14.7 Å². The molecule has 0 aliphatic rings. The molecule has 0 heterocycles. The highest BCUT2D eigenvalue weighted by atomic mass is 16.4. The fraction of sp³-hybridized carbons (Fsp3) is 0. The van der Waals surface area contributed by atoms with Crippen LogP contribution >= 0.6 is 0 Å². The molecule has 2 N–H and O–H groups in total. The first-order valence-corrected chi connectivity index (χ1v) is 5.36. The SMILES string of the molecule is N=[N+]=C(C(=O)O)c1ccc(-c2ccccc2)cc1. The van der Waals surface area contributed by atoms with Gasteiger partial charge in [-0.1, -0.05) is 42.5 Å². The molecule has 2 rings (SSSR count). The van der Waals surface area contributed by atoms with Crippen LogP contribution in [0.25, 0.3) is 11.1 Å². The highest BCUT2D eigenvalue weighted by molar-refractivity contribution is 6.39. The number of hydrogen-bond acceptors (Lipinski definition) is 2. The molecule has 0 amide bonds. The number of carboxylic acids is 1. The van der Waals surface area contributed by atoms with Crippen molar-refractivity contribution in [2.24, 2.45) is 0 Å². The van der Waals surface area contributed by atoms with Crippen LogP contribution in [0, 0.1) is 5.53 Å². The summed E-state index contributed by atoms with van der Waals surface area (Å²) in [6.07, 6.45) is 0. The number of benzene rings is 2. The smallest absolute Gasteiger partial charge is 0.455 e. The zero-order chi connectivity index (χ0) is 13.0. The number of carboxylic acid groups (broad SMARTS) is 1. The second-order valence-corrected chi connectivity index (χ2v) is 3.71. The number of carbonyl (C=O) groups is 1. The fourth-order valence-corrected chi connectivity index (χ4v) is 1.69. The Morgan fingerprint density at radius 1 is 0.944 bits per heavy atom. The Labute approximate surface area is 104 Å². The number of nitrogens with one attached hydrogen (secondary N) is 1. The van der Waals surface area contributed by atoms with E-state index in [1.807, 2.05) is 42.5 Å². The Hall–Kier alpha value is -2.71. The first-order chi connectivity index (χ1) is 8.72. The van der Waals surface area contributed by atoms with E-state index in [0.717, 1.165) is 11.1 Å². The Morgan fingerprint density at radius 3 is 2.00 bits per heavy atom. The van der Waals surface area contributed by atoms with Crippen LogP contribution in [0.5, 0.6) is 0 Å². The summed E-state index contributed by atoms with van der Waals surface area (Å²) in [5, 5.41) is 8.86. The maximum absolute atomic E-state index is 10.8. The second kappa shape index (κ2) is 5.08. The van der Waals surface area contributed by atoms with E-state index in [1.165, 1.54) is 0 Å². The van der Waals surface area contributed by atoms with Gasteiger partial charge in [-0.2, -0.15) is 0 Å². The predicted octanol–water partition coefficient (Wildman–Crippen LogP) is 2.47. The summed E-state index contributed by atoms with van der Waals surface area (Å²) in [6.45, 7) is 0. The molecule has 0 aliphatic carbocycles. The Kier molecular flexibility index (Phi) is 3.32. The van der Waals surface area contributed by atoms with Gasteiger partial charge >= 0.3 is 11.7 Å². The summed E-state index contributed by atoms with van der Waals surface area (Å²) in [5.74, 6) is -1.20. The molecule has 4 heteroatoms. The lowest BCUT2D eigenvalue weighted by Gasteiger charge is -2.00. The lowest BCUT2D eigenvalue weighted by molar-refractivity contribution is -0.147. The van der Waals surface area contributed by atoms with Crippen molar-refractivity contribution in [1.82, 2.24) is 0 Å². The third kappa shape index (κ3) is 2.34. The third-order valence-corrected chi connectivity index (χ3v) is 2.58. The van der Waals surface area contributed by atoms with Gasteiger partial charge in [0.15, 0.2) is 0 Å². The van der Waals surface area contributed by atoms with Crippen LogP contribution in [0.4, 0.5) is 0 Å². The normalized spacial score (nSPS) is 9.56. The molecule has 18 heavy (non-hydrogen) atoms. The van der Waals surface area contributed by atoms with Gasteiger partial charge in [-0.25, -0.2) is 4.79 Å². The first-order valence-electron chi connectivity index (χ1n) is 5.36. The molecule has 0 aromatic heterocycles. The molecule has 88 valence electrons. The Morgan fingerprint density at radius 2 is 1.50 bits per heavy atom. The van der Waals surface area contributed by atoms with Gasteiger partial charge in [0, 0.05) is 0 Å². The molecule has 0 bridgehead atoms. The number of hydrogen-bond donors (Lipinski definition) is 2. The van der Waals surface area contributed by atoms with Crippen molar-refractivity contribution in [3.8, 4) is 11.1 Å². The zero-order valence-corrected chi connectivity index (χ0v) is 9.50. The largest absolute Gasteiger partial charge is 0.472 e.